The molecule has 2 fully saturated rings. The van der Waals surface area contributed by atoms with Crippen LogP contribution in [0.5, 0.6) is 0 Å². The topological polar surface area (TPSA) is 105 Å². The molecular weight excluding hydrogens is 320 g/mol. The SMILES string of the molecule is Cc1cc(NC2CCN(S(=O)(=O)C3CC3)CC2)ncc1[N+](=O)[O-]. The maximum absolute atomic E-state index is 12.2. The Morgan fingerprint density at radius 2 is 1.96 bits per heavy atom. The summed E-state index contributed by atoms with van der Waals surface area (Å²) in [7, 11) is -3.09. The van der Waals surface area contributed by atoms with E-state index in [0.717, 1.165) is 12.8 Å². The zero-order valence-electron chi connectivity index (χ0n) is 12.9. The highest BCUT2D eigenvalue weighted by atomic mass is 32.2. The first-order valence-corrected chi connectivity index (χ1v) is 9.25. The minimum atomic E-state index is -3.09. The molecule has 1 aromatic heterocycles. The summed E-state index contributed by atoms with van der Waals surface area (Å²) in [5.41, 5.74) is 0.558. The summed E-state index contributed by atoms with van der Waals surface area (Å²) < 4.78 is 26.0. The van der Waals surface area contributed by atoms with E-state index >= 15 is 0 Å². The lowest BCUT2D eigenvalue weighted by Gasteiger charge is -2.32. The zero-order chi connectivity index (χ0) is 16.6. The molecule has 1 N–H and O–H groups in total. The second kappa shape index (κ2) is 6.04. The Morgan fingerprint density at radius 3 is 2.48 bits per heavy atom. The summed E-state index contributed by atoms with van der Waals surface area (Å²) in [6.07, 6.45) is 4.25. The Bertz CT molecular complexity index is 709. The van der Waals surface area contributed by atoms with Gasteiger partial charge in [0, 0.05) is 24.7 Å². The molecule has 0 bridgehead atoms. The highest BCUT2D eigenvalue weighted by Crippen LogP contribution is 2.32. The average Bonchev–Trinajstić information content (AvgIpc) is 3.32. The summed E-state index contributed by atoms with van der Waals surface area (Å²) in [6, 6.07) is 1.79. The minimum absolute atomic E-state index is 0.000830. The van der Waals surface area contributed by atoms with Gasteiger partial charge in [-0.2, -0.15) is 0 Å². The number of aromatic nitrogens is 1. The third-order valence-electron chi connectivity index (χ3n) is 4.39. The summed E-state index contributed by atoms with van der Waals surface area (Å²) >= 11 is 0. The molecule has 2 heterocycles. The van der Waals surface area contributed by atoms with Crippen molar-refractivity contribution >= 4 is 21.5 Å². The molecule has 126 valence electrons. The van der Waals surface area contributed by atoms with E-state index in [9.17, 15) is 18.5 Å². The molecule has 0 radical (unpaired) electrons. The molecule has 8 nitrogen and oxygen atoms in total. The molecule has 23 heavy (non-hydrogen) atoms. The first-order chi connectivity index (χ1) is 10.9. The molecule has 1 saturated carbocycles. The average molecular weight is 340 g/mol. The van der Waals surface area contributed by atoms with Crippen molar-refractivity contribution in [3.8, 4) is 0 Å². The van der Waals surface area contributed by atoms with Gasteiger partial charge in [-0.05, 0) is 38.7 Å². The molecule has 0 aromatic carbocycles. The van der Waals surface area contributed by atoms with Crippen molar-refractivity contribution in [2.45, 2.75) is 43.9 Å². The molecule has 3 rings (SSSR count). The van der Waals surface area contributed by atoms with Crippen molar-refractivity contribution < 1.29 is 13.3 Å². The summed E-state index contributed by atoms with van der Waals surface area (Å²) in [6.45, 7) is 2.71. The van der Waals surface area contributed by atoms with Crippen LogP contribution in [0.2, 0.25) is 0 Å². The number of hydrogen-bond donors (Lipinski definition) is 1. The van der Waals surface area contributed by atoms with Gasteiger partial charge in [0.1, 0.15) is 12.0 Å². The van der Waals surface area contributed by atoms with Crippen molar-refractivity contribution in [1.29, 1.82) is 0 Å². The van der Waals surface area contributed by atoms with Crippen molar-refractivity contribution in [3.63, 3.8) is 0 Å². The molecule has 0 amide bonds. The maximum atomic E-state index is 12.2. The van der Waals surface area contributed by atoms with Gasteiger partial charge in [-0.15, -0.1) is 0 Å². The molecule has 2 aliphatic rings. The van der Waals surface area contributed by atoms with Gasteiger partial charge in [-0.1, -0.05) is 0 Å². The van der Waals surface area contributed by atoms with Crippen LogP contribution in [-0.4, -0.2) is 47.0 Å². The van der Waals surface area contributed by atoms with Crippen molar-refractivity contribution in [1.82, 2.24) is 9.29 Å². The highest BCUT2D eigenvalue weighted by molar-refractivity contribution is 7.90. The van der Waals surface area contributed by atoms with Crippen LogP contribution in [0.1, 0.15) is 31.2 Å². The number of aryl methyl sites for hydroxylation is 1. The molecule has 0 unspecified atom stereocenters. The van der Waals surface area contributed by atoms with Gasteiger partial charge in [0.05, 0.1) is 10.2 Å². The molecule has 1 aromatic rings. The fourth-order valence-electron chi connectivity index (χ4n) is 2.86. The summed E-state index contributed by atoms with van der Waals surface area (Å²) in [4.78, 5) is 14.4. The maximum Gasteiger partial charge on any atom is 0.290 e. The monoisotopic (exact) mass is 340 g/mol. The van der Waals surface area contributed by atoms with E-state index < -0.39 is 14.9 Å². The first-order valence-electron chi connectivity index (χ1n) is 7.74. The van der Waals surface area contributed by atoms with Gasteiger partial charge in [-0.25, -0.2) is 17.7 Å². The Morgan fingerprint density at radius 1 is 1.30 bits per heavy atom. The number of pyridine rings is 1. The minimum Gasteiger partial charge on any atom is -0.367 e. The Kier molecular flexibility index (Phi) is 4.24. The molecule has 0 atom stereocenters. The van der Waals surface area contributed by atoms with Gasteiger partial charge in [0.25, 0.3) is 5.69 Å². The lowest BCUT2D eigenvalue weighted by molar-refractivity contribution is -0.385. The molecule has 1 aliphatic carbocycles. The van der Waals surface area contributed by atoms with Crippen LogP contribution in [0, 0.1) is 17.0 Å². The van der Waals surface area contributed by atoms with Crippen molar-refractivity contribution in [2.24, 2.45) is 0 Å². The standard InChI is InChI=1S/C14H20N4O4S/c1-10-8-14(15-9-13(10)18(19)20)16-11-4-6-17(7-5-11)23(21,22)12-2-3-12/h8-9,11-12H,2-7H2,1H3,(H,15,16). The van der Waals surface area contributed by atoms with Gasteiger partial charge >= 0.3 is 0 Å². The van der Waals surface area contributed by atoms with E-state index in [4.69, 9.17) is 0 Å². The number of sulfonamides is 1. The highest BCUT2D eigenvalue weighted by Gasteiger charge is 2.41. The van der Waals surface area contributed by atoms with E-state index in [1.807, 2.05) is 0 Å². The smallest absolute Gasteiger partial charge is 0.290 e. The lowest BCUT2D eigenvalue weighted by atomic mass is 10.1. The van der Waals surface area contributed by atoms with Crippen LogP contribution < -0.4 is 5.32 Å². The van der Waals surface area contributed by atoms with E-state index in [2.05, 4.69) is 10.3 Å². The fourth-order valence-corrected chi connectivity index (χ4v) is 4.73. The third-order valence-corrected chi connectivity index (χ3v) is 6.79. The number of nitro groups is 1. The third kappa shape index (κ3) is 3.45. The van der Waals surface area contributed by atoms with E-state index in [1.165, 1.54) is 6.20 Å². The van der Waals surface area contributed by atoms with Gasteiger partial charge < -0.3 is 5.32 Å². The second-order valence-electron chi connectivity index (χ2n) is 6.18. The first kappa shape index (κ1) is 16.1. The Balaban J connectivity index is 1.58. The summed E-state index contributed by atoms with van der Waals surface area (Å²) in [5.74, 6) is 0.594. The van der Waals surface area contributed by atoms with Crippen molar-refractivity contribution in [2.75, 3.05) is 18.4 Å². The van der Waals surface area contributed by atoms with Gasteiger partial charge in [0.15, 0.2) is 0 Å². The number of nitrogens with one attached hydrogen (secondary N) is 1. The van der Waals surface area contributed by atoms with Crippen LogP contribution >= 0.6 is 0 Å². The van der Waals surface area contributed by atoms with Crippen LogP contribution in [0.4, 0.5) is 11.5 Å². The van der Waals surface area contributed by atoms with Gasteiger partial charge in [-0.3, -0.25) is 10.1 Å². The van der Waals surface area contributed by atoms with Gasteiger partial charge in [0.2, 0.25) is 10.0 Å². The second-order valence-corrected chi connectivity index (χ2v) is 8.39. The van der Waals surface area contributed by atoms with Crippen LogP contribution in [-0.2, 0) is 10.0 Å². The van der Waals surface area contributed by atoms with Crippen LogP contribution in [0.3, 0.4) is 0 Å². The molecule has 0 spiro atoms. The van der Waals surface area contributed by atoms with E-state index in [0.29, 0.717) is 37.3 Å². The van der Waals surface area contributed by atoms with E-state index in [-0.39, 0.29) is 17.0 Å². The predicted octanol–water partition coefficient (Wildman–Crippen LogP) is 1.67. The van der Waals surface area contributed by atoms with E-state index in [1.54, 1.807) is 17.3 Å². The molecule has 1 aliphatic heterocycles. The van der Waals surface area contributed by atoms with Crippen LogP contribution in [0.15, 0.2) is 12.3 Å². The zero-order valence-corrected chi connectivity index (χ0v) is 13.8. The van der Waals surface area contributed by atoms with Crippen molar-refractivity contribution in [3.05, 3.63) is 27.9 Å². The molecule has 9 heteroatoms. The fraction of sp³-hybridized carbons (Fsp3) is 0.643. The normalized spacial score (nSPS) is 20.4. The largest absolute Gasteiger partial charge is 0.367 e. The number of piperidine rings is 1. The van der Waals surface area contributed by atoms with Crippen LogP contribution in [0.25, 0.3) is 0 Å². The molecule has 1 saturated heterocycles. The predicted molar refractivity (Wildman–Crippen MR) is 85.8 cm³/mol. The Labute approximate surface area is 135 Å². The quantitative estimate of drug-likeness (QED) is 0.645. The lowest BCUT2D eigenvalue weighted by Crippen LogP contribution is -2.43. The number of anilines is 1. The Hall–Kier alpha value is -1.74. The summed E-state index contributed by atoms with van der Waals surface area (Å²) in [5, 5.41) is 13.9. The number of nitrogens with zero attached hydrogens (tertiary/aromatic N) is 3. The number of hydrogen-bond acceptors (Lipinski definition) is 6. The number of rotatable bonds is 5. The molecular formula is C14H20N4O4S.